The zero-order valence-corrected chi connectivity index (χ0v) is 13.4. The van der Waals surface area contributed by atoms with Crippen LogP contribution >= 0.6 is 23.1 Å². The maximum Gasteiger partial charge on any atom is 0.233 e. The molecule has 0 radical (unpaired) electrons. The lowest BCUT2D eigenvalue weighted by molar-refractivity contribution is 0.794. The van der Waals surface area contributed by atoms with Crippen molar-refractivity contribution in [1.29, 1.82) is 0 Å². The molecule has 0 saturated heterocycles. The highest BCUT2D eigenvalue weighted by molar-refractivity contribution is 7.98. The predicted molar refractivity (Wildman–Crippen MR) is 86.9 cm³/mol. The third kappa shape index (κ3) is 2.40. The van der Waals surface area contributed by atoms with Gasteiger partial charge in [-0.3, -0.25) is 4.40 Å². The number of hydrogen-bond donors (Lipinski definition) is 0. The summed E-state index contributed by atoms with van der Waals surface area (Å²) in [5.41, 5.74) is 0.976. The van der Waals surface area contributed by atoms with Crippen LogP contribution in [0.5, 0.6) is 0 Å². The van der Waals surface area contributed by atoms with Gasteiger partial charge in [0, 0.05) is 31.4 Å². The van der Waals surface area contributed by atoms with E-state index >= 15 is 0 Å². The van der Waals surface area contributed by atoms with Crippen LogP contribution in [-0.2, 0) is 12.8 Å². The summed E-state index contributed by atoms with van der Waals surface area (Å²) < 4.78 is 3.94. The van der Waals surface area contributed by atoms with Gasteiger partial charge in [-0.15, -0.1) is 21.5 Å². The molecule has 22 heavy (non-hydrogen) atoms. The van der Waals surface area contributed by atoms with Crippen LogP contribution < -0.4 is 0 Å². The van der Waals surface area contributed by atoms with Crippen LogP contribution in [0.2, 0.25) is 0 Å². The lowest BCUT2D eigenvalue weighted by Crippen LogP contribution is -1.93. The molecule has 0 aliphatic rings. The van der Waals surface area contributed by atoms with E-state index in [2.05, 4.69) is 26.2 Å². The van der Waals surface area contributed by atoms with E-state index in [0.29, 0.717) is 0 Å². The Hall–Kier alpha value is -2.19. The van der Waals surface area contributed by atoms with Gasteiger partial charge in [-0.05, 0) is 17.5 Å². The summed E-state index contributed by atoms with van der Waals surface area (Å²) in [6.45, 7) is 0. The monoisotopic (exact) mass is 328 g/mol. The van der Waals surface area contributed by atoms with Crippen molar-refractivity contribution in [2.45, 2.75) is 10.9 Å². The standard InChI is InChI=1S/C14H12N6S2/c1-19-12(11-4-2-7-21-11)17-18-14(19)22-9-10-8-20-6-3-5-15-13(20)16-10/h2-8H,9H2,1H3. The SMILES string of the molecule is Cn1c(SCc2cn3cccnc3n2)nnc1-c1cccs1. The van der Waals surface area contributed by atoms with E-state index in [1.54, 1.807) is 29.3 Å². The molecule has 4 rings (SSSR count). The summed E-state index contributed by atoms with van der Waals surface area (Å²) in [6, 6.07) is 5.96. The van der Waals surface area contributed by atoms with Crippen LogP contribution in [0.3, 0.4) is 0 Å². The first-order valence-electron chi connectivity index (χ1n) is 6.66. The summed E-state index contributed by atoms with van der Waals surface area (Å²) in [6.07, 6.45) is 5.68. The second-order valence-corrected chi connectivity index (χ2v) is 6.58. The second kappa shape index (κ2) is 5.54. The molecule has 0 saturated carbocycles. The Labute approximate surface area is 134 Å². The number of fused-ring (bicyclic) bond motifs is 1. The van der Waals surface area contributed by atoms with Crippen molar-refractivity contribution in [2.75, 3.05) is 0 Å². The minimum Gasteiger partial charge on any atom is -0.304 e. The normalized spacial score (nSPS) is 11.3. The number of aromatic nitrogens is 6. The fourth-order valence-electron chi connectivity index (χ4n) is 2.15. The summed E-state index contributed by atoms with van der Waals surface area (Å²) in [5, 5.41) is 11.5. The molecule has 8 heteroatoms. The zero-order valence-electron chi connectivity index (χ0n) is 11.7. The van der Waals surface area contributed by atoms with E-state index in [1.807, 2.05) is 45.9 Å². The third-order valence-corrected chi connectivity index (χ3v) is 5.13. The van der Waals surface area contributed by atoms with E-state index in [4.69, 9.17) is 0 Å². The highest BCUT2D eigenvalue weighted by atomic mass is 32.2. The Balaban J connectivity index is 1.54. The molecule has 4 heterocycles. The van der Waals surface area contributed by atoms with Crippen molar-refractivity contribution in [3.05, 3.63) is 47.9 Å². The fourth-order valence-corrected chi connectivity index (χ4v) is 3.69. The van der Waals surface area contributed by atoms with Crippen LogP contribution in [0.25, 0.3) is 16.5 Å². The largest absolute Gasteiger partial charge is 0.304 e. The van der Waals surface area contributed by atoms with Crippen LogP contribution in [-0.4, -0.2) is 29.1 Å². The van der Waals surface area contributed by atoms with E-state index in [0.717, 1.165) is 33.1 Å². The van der Waals surface area contributed by atoms with Gasteiger partial charge in [0.15, 0.2) is 11.0 Å². The summed E-state index contributed by atoms with van der Waals surface area (Å²) >= 11 is 3.29. The lowest BCUT2D eigenvalue weighted by atomic mass is 10.4. The second-order valence-electron chi connectivity index (χ2n) is 4.69. The molecule has 4 aromatic heterocycles. The number of thioether (sulfide) groups is 1. The van der Waals surface area contributed by atoms with Gasteiger partial charge in [-0.2, -0.15) is 0 Å². The molecular weight excluding hydrogens is 316 g/mol. The number of hydrogen-bond acceptors (Lipinski definition) is 6. The van der Waals surface area contributed by atoms with Gasteiger partial charge in [-0.25, -0.2) is 9.97 Å². The number of thiophene rings is 1. The highest BCUT2D eigenvalue weighted by Gasteiger charge is 2.12. The Morgan fingerprint density at radius 2 is 2.23 bits per heavy atom. The molecule has 110 valence electrons. The zero-order chi connectivity index (χ0) is 14.9. The number of rotatable bonds is 4. The van der Waals surface area contributed by atoms with Gasteiger partial charge >= 0.3 is 0 Å². The lowest BCUT2D eigenvalue weighted by Gasteiger charge is -2.00. The van der Waals surface area contributed by atoms with Crippen molar-refractivity contribution in [1.82, 2.24) is 29.1 Å². The summed E-state index contributed by atoms with van der Waals surface area (Å²) in [7, 11) is 1.99. The number of nitrogens with zero attached hydrogens (tertiary/aromatic N) is 6. The Bertz CT molecular complexity index is 876. The molecule has 0 N–H and O–H groups in total. The van der Waals surface area contributed by atoms with Crippen LogP contribution in [0, 0.1) is 0 Å². The molecule has 0 atom stereocenters. The van der Waals surface area contributed by atoms with Crippen LogP contribution in [0.15, 0.2) is 47.3 Å². The molecule has 4 aromatic rings. The number of imidazole rings is 1. The summed E-state index contributed by atoms with van der Waals surface area (Å²) in [4.78, 5) is 9.84. The fraction of sp³-hybridized carbons (Fsp3) is 0.143. The molecule has 0 fully saturated rings. The first kappa shape index (κ1) is 13.5. The Morgan fingerprint density at radius 1 is 1.27 bits per heavy atom. The van der Waals surface area contributed by atoms with E-state index in [1.165, 1.54) is 0 Å². The van der Waals surface area contributed by atoms with Crippen molar-refractivity contribution in [3.63, 3.8) is 0 Å². The van der Waals surface area contributed by atoms with Crippen LogP contribution in [0.4, 0.5) is 0 Å². The first-order valence-corrected chi connectivity index (χ1v) is 8.52. The molecule has 0 spiro atoms. The molecule has 0 unspecified atom stereocenters. The smallest absolute Gasteiger partial charge is 0.233 e. The molecule has 0 bridgehead atoms. The first-order chi connectivity index (χ1) is 10.8. The maximum atomic E-state index is 4.49. The van der Waals surface area contributed by atoms with Crippen LogP contribution in [0.1, 0.15) is 5.69 Å². The van der Waals surface area contributed by atoms with Crippen molar-refractivity contribution >= 4 is 28.9 Å². The molecule has 0 aliphatic carbocycles. The van der Waals surface area contributed by atoms with E-state index < -0.39 is 0 Å². The minimum absolute atomic E-state index is 0.718. The summed E-state index contributed by atoms with van der Waals surface area (Å²) in [5.74, 6) is 2.35. The molecular formula is C14H12N6S2. The van der Waals surface area contributed by atoms with Crippen molar-refractivity contribution in [3.8, 4) is 10.7 Å². The molecule has 0 amide bonds. The maximum absolute atomic E-state index is 4.49. The van der Waals surface area contributed by atoms with Gasteiger partial charge in [0.05, 0.1) is 10.6 Å². The quantitative estimate of drug-likeness (QED) is 0.539. The third-order valence-electron chi connectivity index (χ3n) is 3.21. The van der Waals surface area contributed by atoms with Gasteiger partial charge in [0.2, 0.25) is 5.78 Å². The Morgan fingerprint density at radius 3 is 3.05 bits per heavy atom. The highest BCUT2D eigenvalue weighted by Crippen LogP contribution is 2.27. The van der Waals surface area contributed by atoms with Gasteiger partial charge < -0.3 is 4.57 Å². The van der Waals surface area contributed by atoms with Gasteiger partial charge in [-0.1, -0.05) is 17.8 Å². The average molecular weight is 328 g/mol. The minimum atomic E-state index is 0.718. The van der Waals surface area contributed by atoms with Gasteiger partial charge in [0.25, 0.3) is 0 Å². The van der Waals surface area contributed by atoms with E-state index in [9.17, 15) is 0 Å². The van der Waals surface area contributed by atoms with Gasteiger partial charge in [0.1, 0.15) is 0 Å². The van der Waals surface area contributed by atoms with Crippen molar-refractivity contribution < 1.29 is 0 Å². The average Bonchev–Trinajstić information content (AvgIpc) is 3.24. The molecule has 0 aliphatic heterocycles. The van der Waals surface area contributed by atoms with Crippen molar-refractivity contribution in [2.24, 2.45) is 7.05 Å². The predicted octanol–water partition coefficient (Wildman–Crippen LogP) is 2.88. The topological polar surface area (TPSA) is 60.9 Å². The Kier molecular flexibility index (Phi) is 3.39. The van der Waals surface area contributed by atoms with E-state index in [-0.39, 0.29) is 0 Å². The molecule has 0 aromatic carbocycles. The molecule has 6 nitrogen and oxygen atoms in total.